The Bertz CT molecular complexity index is 681. The monoisotopic (exact) mass is 297 g/mol. The molecule has 2 nitrogen and oxygen atoms in total. The highest BCUT2D eigenvalue weighted by molar-refractivity contribution is 6.30. The smallest absolute Gasteiger partial charge is 0.246 e. The van der Waals surface area contributed by atoms with Crippen molar-refractivity contribution in [1.82, 2.24) is 4.90 Å². The number of benzene rings is 2. The Labute approximate surface area is 129 Å². The summed E-state index contributed by atoms with van der Waals surface area (Å²) >= 11 is 6.16. The van der Waals surface area contributed by atoms with Gasteiger partial charge in [0.2, 0.25) is 5.91 Å². The van der Waals surface area contributed by atoms with Gasteiger partial charge in [-0.15, -0.1) is 0 Å². The number of carbonyl (C=O) groups excluding carboxylic acids is 1. The zero-order chi connectivity index (χ0) is 14.8. The number of rotatable bonds is 2. The Kier molecular flexibility index (Phi) is 3.80. The molecule has 2 aromatic carbocycles. The van der Waals surface area contributed by atoms with Crippen LogP contribution in [0.3, 0.4) is 0 Å². The molecule has 0 radical (unpaired) electrons. The van der Waals surface area contributed by atoms with E-state index in [1.165, 1.54) is 17.2 Å². The van der Waals surface area contributed by atoms with Gasteiger partial charge < -0.3 is 4.90 Å². The highest BCUT2D eigenvalue weighted by atomic mass is 35.5. The normalized spacial score (nSPS) is 17.2. The molecule has 0 bridgehead atoms. The summed E-state index contributed by atoms with van der Waals surface area (Å²) in [5.74, 6) is 0.120. The summed E-state index contributed by atoms with van der Waals surface area (Å²) in [5, 5.41) is 0.734. The summed E-state index contributed by atoms with van der Waals surface area (Å²) in [6.07, 6.45) is 1.38. The lowest BCUT2D eigenvalue weighted by Gasteiger charge is -2.34. The fourth-order valence-corrected chi connectivity index (χ4v) is 3.07. The average Bonchev–Trinajstić information content (AvgIpc) is 2.54. The summed E-state index contributed by atoms with van der Waals surface area (Å²) in [4.78, 5) is 13.8. The molecule has 0 saturated heterocycles. The van der Waals surface area contributed by atoms with Gasteiger partial charge in [0, 0.05) is 24.0 Å². The van der Waals surface area contributed by atoms with E-state index in [0.717, 1.165) is 10.6 Å². The quantitative estimate of drug-likeness (QED) is 0.767. The van der Waals surface area contributed by atoms with Gasteiger partial charge in [-0.25, -0.2) is 0 Å². The zero-order valence-corrected chi connectivity index (χ0v) is 12.4. The minimum atomic E-state index is -0.0310. The number of nitrogens with zero attached hydrogens (tertiary/aromatic N) is 1. The van der Waals surface area contributed by atoms with Gasteiger partial charge in [-0.1, -0.05) is 54.6 Å². The maximum Gasteiger partial charge on any atom is 0.246 e. The van der Waals surface area contributed by atoms with E-state index in [1.807, 2.05) is 41.3 Å². The summed E-state index contributed by atoms with van der Waals surface area (Å²) in [6.45, 7) is 4.86. The predicted molar refractivity (Wildman–Crippen MR) is 85.4 cm³/mol. The molecule has 0 N–H and O–H groups in total. The highest BCUT2D eigenvalue weighted by Gasteiger charge is 2.28. The Morgan fingerprint density at radius 3 is 2.71 bits per heavy atom. The van der Waals surface area contributed by atoms with Gasteiger partial charge in [0.25, 0.3) is 0 Å². The van der Waals surface area contributed by atoms with Crippen molar-refractivity contribution in [2.75, 3.05) is 6.54 Å². The summed E-state index contributed by atoms with van der Waals surface area (Å²) in [6, 6.07) is 16.1. The standard InChI is InChI=1S/C18H16ClNO/c1-2-18(21)20-11-14-8-9-15(19)10-16(14)17(12-20)13-6-4-3-5-7-13/h2-10,17H,1,11-12H2/t17-/m1/s1. The first kappa shape index (κ1) is 13.9. The SMILES string of the molecule is C=CC(=O)N1Cc2ccc(Cl)cc2[C@@H](c2ccccc2)C1. The first-order valence-corrected chi connectivity index (χ1v) is 7.31. The van der Waals surface area contributed by atoms with Crippen LogP contribution >= 0.6 is 11.6 Å². The molecule has 3 heteroatoms. The van der Waals surface area contributed by atoms with E-state index in [2.05, 4.69) is 18.7 Å². The average molecular weight is 298 g/mol. The van der Waals surface area contributed by atoms with Crippen molar-refractivity contribution in [3.8, 4) is 0 Å². The molecule has 0 aliphatic carbocycles. The van der Waals surface area contributed by atoms with E-state index < -0.39 is 0 Å². The third-order valence-electron chi connectivity index (χ3n) is 3.94. The number of hydrogen-bond acceptors (Lipinski definition) is 1. The number of fused-ring (bicyclic) bond motifs is 1. The van der Waals surface area contributed by atoms with Crippen LogP contribution in [0.5, 0.6) is 0 Å². The van der Waals surface area contributed by atoms with E-state index >= 15 is 0 Å². The van der Waals surface area contributed by atoms with Crippen LogP contribution in [0.1, 0.15) is 22.6 Å². The van der Waals surface area contributed by atoms with Gasteiger partial charge in [-0.05, 0) is 34.9 Å². The number of amides is 1. The molecule has 1 aliphatic rings. The van der Waals surface area contributed by atoms with Crippen LogP contribution in [-0.4, -0.2) is 17.4 Å². The number of halogens is 1. The van der Waals surface area contributed by atoms with Gasteiger partial charge in [-0.2, -0.15) is 0 Å². The zero-order valence-electron chi connectivity index (χ0n) is 11.6. The summed E-state index contributed by atoms with van der Waals surface area (Å²) in [7, 11) is 0. The molecule has 1 amide bonds. The molecule has 3 rings (SSSR count). The molecular formula is C18H16ClNO. The lowest BCUT2D eigenvalue weighted by Crippen LogP contribution is -2.37. The van der Waals surface area contributed by atoms with Gasteiger partial charge in [-0.3, -0.25) is 4.79 Å². The molecule has 106 valence electrons. The van der Waals surface area contributed by atoms with Crippen molar-refractivity contribution >= 4 is 17.5 Å². The summed E-state index contributed by atoms with van der Waals surface area (Å²) in [5.41, 5.74) is 3.55. The second-order valence-electron chi connectivity index (χ2n) is 5.23. The maximum atomic E-state index is 12.0. The Balaban J connectivity index is 2.07. The van der Waals surface area contributed by atoms with Gasteiger partial charge in [0.05, 0.1) is 0 Å². The largest absolute Gasteiger partial charge is 0.334 e. The van der Waals surface area contributed by atoms with Crippen molar-refractivity contribution < 1.29 is 4.79 Å². The van der Waals surface area contributed by atoms with Crippen LogP contribution in [0.2, 0.25) is 5.02 Å². The van der Waals surface area contributed by atoms with E-state index in [-0.39, 0.29) is 11.8 Å². The third kappa shape index (κ3) is 2.72. The molecule has 2 aromatic rings. The minimum Gasteiger partial charge on any atom is -0.334 e. The molecule has 0 saturated carbocycles. The number of hydrogen-bond donors (Lipinski definition) is 0. The fourth-order valence-electron chi connectivity index (χ4n) is 2.89. The lowest BCUT2D eigenvalue weighted by atomic mass is 9.84. The number of carbonyl (C=O) groups is 1. The second kappa shape index (κ2) is 5.74. The van der Waals surface area contributed by atoms with Crippen LogP contribution in [0.4, 0.5) is 0 Å². The van der Waals surface area contributed by atoms with Crippen LogP contribution in [0.25, 0.3) is 0 Å². The Morgan fingerprint density at radius 1 is 1.24 bits per heavy atom. The van der Waals surface area contributed by atoms with E-state index in [4.69, 9.17) is 11.6 Å². The third-order valence-corrected chi connectivity index (χ3v) is 4.17. The van der Waals surface area contributed by atoms with Crippen molar-refractivity contribution in [3.63, 3.8) is 0 Å². The first-order valence-electron chi connectivity index (χ1n) is 6.93. The van der Waals surface area contributed by atoms with Crippen LogP contribution in [-0.2, 0) is 11.3 Å². The predicted octanol–water partition coefficient (Wildman–Crippen LogP) is 4.00. The first-order chi connectivity index (χ1) is 10.2. The molecule has 0 unspecified atom stereocenters. The van der Waals surface area contributed by atoms with Crippen LogP contribution in [0.15, 0.2) is 61.2 Å². The molecule has 1 atom stereocenters. The van der Waals surface area contributed by atoms with Crippen molar-refractivity contribution in [2.24, 2.45) is 0 Å². The van der Waals surface area contributed by atoms with Gasteiger partial charge >= 0.3 is 0 Å². The van der Waals surface area contributed by atoms with E-state index in [9.17, 15) is 4.79 Å². The molecule has 0 spiro atoms. The van der Waals surface area contributed by atoms with Crippen LogP contribution < -0.4 is 0 Å². The van der Waals surface area contributed by atoms with Crippen molar-refractivity contribution in [2.45, 2.75) is 12.5 Å². The molecule has 0 fully saturated rings. The topological polar surface area (TPSA) is 20.3 Å². The Morgan fingerprint density at radius 2 is 2.00 bits per heavy atom. The molecule has 1 heterocycles. The Hall–Kier alpha value is -2.06. The fraction of sp³-hybridized carbons (Fsp3) is 0.167. The molecule has 0 aromatic heterocycles. The van der Waals surface area contributed by atoms with Gasteiger partial charge in [0.1, 0.15) is 0 Å². The molecular weight excluding hydrogens is 282 g/mol. The van der Waals surface area contributed by atoms with Crippen molar-refractivity contribution in [1.29, 1.82) is 0 Å². The lowest BCUT2D eigenvalue weighted by molar-refractivity contribution is -0.127. The van der Waals surface area contributed by atoms with Crippen LogP contribution in [0, 0.1) is 0 Å². The van der Waals surface area contributed by atoms with E-state index in [1.54, 1.807) is 0 Å². The van der Waals surface area contributed by atoms with Crippen molar-refractivity contribution in [3.05, 3.63) is 82.9 Å². The second-order valence-corrected chi connectivity index (χ2v) is 5.67. The van der Waals surface area contributed by atoms with E-state index in [0.29, 0.717) is 13.1 Å². The van der Waals surface area contributed by atoms with Gasteiger partial charge in [0.15, 0.2) is 0 Å². The highest BCUT2D eigenvalue weighted by Crippen LogP contribution is 2.35. The summed E-state index contributed by atoms with van der Waals surface area (Å²) < 4.78 is 0. The molecule has 1 aliphatic heterocycles. The molecule has 21 heavy (non-hydrogen) atoms. The maximum absolute atomic E-state index is 12.0. The minimum absolute atomic E-state index is 0.0310.